The number of hydrogen-bond donors (Lipinski definition) is 0. The van der Waals surface area contributed by atoms with E-state index in [1.54, 1.807) is 0 Å². The third kappa shape index (κ3) is 2.38. The van der Waals surface area contributed by atoms with Crippen molar-refractivity contribution >= 4 is 0 Å². The Bertz CT molecular complexity index is 496. The van der Waals surface area contributed by atoms with Crippen LogP contribution in [0, 0.1) is 11.8 Å². The summed E-state index contributed by atoms with van der Waals surface area (Å²) in [6.07, 6.45) is 0.554. The summed E-state index contributed by atoms with van der Waals surface area (Å²) in [6, 6.07) is 5.54. The third-order valence-corrected chi connectivity index (χ3v) is 2.01. The van der Waals surface area contributed by atoms with Gasteiger partial charge in [-0.1, -0.05) is 17.0 Å². The van der Waals surface area contributed by atoms with E-state index in [-0.39, 0.29) is 6.79 Å². The molecule has 0 bridgehead atoms. The molecule has 0 radical (unpaired) electrons. The Kier molecular flexibility index (Phi) is 3.17. The average molecular weight is 215 g/mol. The maximum Gasteiger partial charge on any atom is 0.231 e. The van der Waals surface area contributed by atoms with E-state index >= 15 is 0 Å². The highest BCUT2D eigenvalue weighted by molar-refractivity contribution is 5.49. The highest BCUT2D eigenvalue weighted by Gasteiger charge is 2.12. The number of rotatable bonds is 2. The van der Waals surface area contributed by atoms with E-state index in [9.17, 15) is 0 Å². The lowest BCUT2D eigenvalue weighted by Crippen LogP contribution is -1.92. The molecule has 5 nitrogen and oxygen atoms in total. The van der Waals surface area contributed by atoms with Gasteiger partial charge in [-0.3, -0.25) is 0 Å². The van der Waals surface area contributed by atoms with Gasteiger partial charge in [0.05, 0.1) is 0 Å². The van der Waals surface area contributed by atoms with Gasteiger partial charge in [0.25, 0.3) is 0 Å². The molecule has 1 aromatic rings. The van der Waals surface area contributed by atoms with Crippen molar-refractivity contribution in [3.05, 3.63) is 34.2 Å². The molecule has 16 heavy (non-hydrogen) atoms. The molecule has 0 aliphatic carbocycles. The Hall–Kier alpha value is -2.31. The lowest BCUT2D eigenvalue weighted by molar-refractivity contribution is 0.174. The van der Waals surface area contributed by atoms with Crippen LogP contribution in [0.25, 0.3) is 10.4 Å². The van der Waals surface area contributed by atoms with Crippen molar-refractivity contribution in [2.45, 2.75) is 6.42 Å². The van der Waals surface area contributed by atoms with Crippen LogP contribution in [-0.2, 0) is 0 Å². The lowest BCUT2D eigenvalue weighted by atomic mass is 10.2. The molecular formula is C11H9N3O2. The van der Waals surface area contributed by atoms with E-state index in [4.69, 9.17) is 15.0 Å². The van der Waals surface area contributed by atoms with E-state index in [0.717, 1.165) is 17.1 Å². The molecule has 0 saturated carbocycles. The van der Waals surface area contributed by atoms with Gasteiger partial charge in [0.1, 0.15) is 0 Å². The van der Waals surface area contributed by atoms with Crippen LogP contribution >= 0.6 is 0 Å². The minimum Gasteiger partial charge on any atom is -0.454 e. The number of ether oxygens (including phenoxy) is 2. The fourth-order valence-electron chi connectivity index (χ4n) is 1.29. The molecule has 0 saturated heterocycles. The standard InChI is InChI=1S/C11H9N3O2/c12-14-13-6-2-1-3-9-4-5-10-11(7-9)16-8-15-10/h4-5,7H,2,6,8H2. The van der Waals surface area contributed by atoms with Crippen LogP contribution in [0.2, 0.25) is 0 Å². The first-order valence-electron chi connectivity index (χ1n) is 4.79. The maximum atomic E-state index is 8.07. The first-order chi connectivity index (χ1) is 7.90. The van der Waals surface area contributed by atoms with Gasteiger partial charge in [-0.05, 0) is 23.7 Å². The summed E-state index contributed by atoms with van der Waals surface area (Å²) < 4.78 is 10.4. The van der Waals surface area contributed by atoms with Gasteiger partial charge >= 0.3 is 0 Å². The number of fused-ring (bicyclic) bond motifs is 1. The zero-order valence-corrected chi connectivity index (χ0v) is 8.51. The Morgan fingerprint density at radius 3 is 3.12 bits per heavy atom. The van der Waals surface area contributed by atoms with Crippen LogP contribution in [0.3, 0.4) is 0 Å². The topological polar surface area (TPSA) is 67.2 Å². The Balaban J connectivity index is 2.02. The summed E-state index contributed by atoms with van der Waals surface area (Å²) >= 11 is 0. The van der Waals surface area contributed by atoms with Crippen molar-refractivity contribution < 1.29 is 9.47 Å². The molecule has 1 aliphatic heterocycles. The SMILES string of the molecule is [N-]=[N+]=NCCC#Cc1ccc2c(c1)OCO2. The van der Waals surface area contributed by atoms with Crippen molar-refractivity contribution in [2.24, 2.45) is 5.11 Å². The number of benzene rings is 1. The van der Waals surface area contributed by atoms with Crippen molar-refractivity contribution in [2.75, 3.05) is 13.3 Å². The molecule has 0 aromatic heterocycles. The van der Waals surface area contributed by atoms with Crippen molar-refractivity contribution in [3.63, 3.8) is 0 Å². The Morgan fingerprint density at radius 2 is 2.25 bits per heavy atom. The highest BCUT2D eigenvalue weighted by Crippen LogP contribution is 2.32. The minimum atomic E-state index is 0.267. The summed E-state index contributed by atoms with van der Waals surface area (Å²) in [4.78, 5) is 2.65. The zero-order valence-electron chi connectivity index (χ0n) is 8.51. The second-order valence-corrected chi connectivity index (χ2v) is 3.07. The summed E-state index contributed by atoms with van der Waals surface area (Å²) in [5.41, 5.74) is 8.93. The van der Waals surface area contributed by atoms with Gasteiger partial charge in [-0.15, -0.1) is 0 Å². The Morgan fingerprint density at radius 1 is 1.38 bits per heavy atom. The lowest BCUT2D eigenvalue weighted by Gasteiger charge is -1.95. The quantitative estimate of drug-likeness (QED) is 0.250. The van der Waals surface area contributed by atoms with Gasteiger partial charge in [-0.25, -0.2) is 0 Å². The molecule has 0 atom stereocenters. The highest BCUT2D eigenvalue weighted by atomic mass is 16.7. The number of nitrogens with zero attached hydrogens (tertiary/aromatic N) is 3. The van der Waals surface area contributed by atoms with Crippen molar-refractivity contribution in [1.82, 2.24) is 0 Å². The minimum absolute atomic E-state index is 0.267. The summed E-state index contributed by atoms with van der Waals surface area (Å²) in [5.74, 6) is 7.35. The molecule has 1 heterocycles. The number of azide groups is 1. The third-order valence-electron chi connectivity index (χ3n) is 2.01. The molecule has 0 fully saturated rings. The fourth-order valence-corrected chi connectivity index (χ4v) is 1.29. The van der Waals surface area contributed by atoms with Crippen LogP contribution in [0.1, 0.15) is 12.0 Å². The van der Waals surface area contributed by atoms with Crippen LogP contribution in [0.15, 0.2) is 23.3 Å². The van der Waals surface area contributed by atoms with Crippen LogP contribution < -0.4 is 9.47 Å². The van der Waals surface area contributed by atoms with Gasteiger partial charge < -0.3 is 9.47 Å². The largest absolute Gasteiger partial charge is 0.454 e. The van der Waals surface area contributed by atoms with Crippen molar-refractivity contribution in [1.29, 1.82) is 0 Å². The molecule has 0 N–H and O–H groups in total. The van der Waals surface area contributed by atoms with Gasteiger partial charge in [0.15, 0.2) is 11.5 Å². The average Bonchev–Trinajstić information content (AvgIpc) is 2.76. The summed E-state index contributed by atoms with van der Waals surface area (Å²) in [7, 11) is 0. The van der Waals surface area contributed by atoms with Gasteiger partial charge in [0.2, 0.25) is 6.79 Å². The molecule has 2 rings (SSSR count). The summed E-state index contributed by atoms with van der Waals surface area (Å²) in [5, 5.41) is 3.39. The fraction of sp³-hybridized carbons (Fsp3) is 0.273. The van der Waals surface area contributed by atoms with Crippen molar-refractivity contribution in [3.8, 4) is 23.3 Å². The van der Waals surface area contributed by atoms with Crippen LogP contribution in [-0.4, -0.2) is 13.3 Å². The molecular weight excluding hydrogens is 206 g/mol. The van der Waals surface area contributed by atoms with E-state index in [1.807, 2.05) is 18.2 Å². The van der Waals surface area contributed by atoms with Crippen LogP contribution in [0.5, 0.6) is 11.5 Å². The predicted octanol–water partition coefficient (Wildman–Crippen LogP) is 2.47. The monoisotopic (exact) mass is 215 g/mol. The Labute approximate surface area is 92.6 Å². The molecule has 1 aromatic carbocycles. The summed E-state index contributed by atoms with van der Waals surface area (Å²) in [6.45, 7) is 0.664. The van der Waals surface area contributed by atoms with Gasteiger partial charge in [-0.2, -0.15) is 0 Å². The maximum absolute atomic E-state index is 8.07. The smallest absolute Gasteiger partial charge is 0.231 e. The number of hydrogen-bond acceptors (Lipinski definition) is 3. The molecule has 0 spiro atoms. The van der Waals surface area contributed by atoms with Crippen LogP contribution in [0.4, 0.5) is 0 Å². The van der Waals surface area contributed by atoms with E-state index in [1.165, 1.54) is 0 Å². The molecule has 0 unspecified atom stereocenters. The normalized spacial score (nSPS) is 11.2. The second-order valence-electron chi connectivity index (χ2n) is 3.07. The zero-order chi connectivity index (χ0) is 11.2. The van der Waals surface area contributed by atoms with E-state index in [2.05, 4.69) is 21.9 Å². The predicted molar refractivity (Wildman–Crippen MR) is 58.1 cm³/mol. The first-order valence-corrected chi connectivity index (χ1v) is 4.79. The molecule has 0 amide bonds. The molecule has 5 heteroatoms. The van der Waals surface area contributed by atoms with Gasteiger partial charge in [0, 0.05) is 23.4 Å². The van der Waals surface area contributed by atoms with E-state index in [0.29, 0.717) is 13.0 Å². The molecule has 1 aliphatic rings. The molecule has 80 valence electrons. The second kappa shape index (κ2) is 4.96. The first kappa shape index (κ1) is 10.2. The van der Waals surface area contributed by atoms with E-state index < -0.39 is 0 Å².